The van der Waals surface area contributed by atoms with Crippen LogP contribution in [0.2, 0.25) is 5.15 Å². The van der Waals surface area contributed by atoms with Crippen molar-refractivity contribution in [3.05, 3.63) is 46.2 Å². The van der Waals surface area contributed by atoms with Crippen molar-refractivity contribution in [2.24, 2.45) is 0 Å². The highest BCUT2D eigenvalue weighted by molar-refractivity contribution is 6.29. The largest absolute Gasteiger partial charge is 0.282 e. The van der Waals surface area contributed by atoms with Crippen LogP contribution in [0.3, 0.4) is 0 Å². The van der Waals surface area contributed by atoms with E-state index in [9.17, 15) is 8.78 Å². The van der Waals surface area contributed by atoms with Crippen molar-refractivity contribution in [3.8, 4) is 5.69 Å². The molecule has 5 heteroatoms. The zero-order valence-corrected chi connectivity index (χ0v) is 10.2. The Kier molecular flexibility index (Phi) is 3.15. The number of rotatable bonds is 2. The first-order valence-electron chi connectivity index (χ1n) is 5.10. The highest BCUT2D eigenvalue weighted by Gasteiger charge is 2.16. The molecule has 0 saturated heterocycles. The van der Waals surface area contributed by atoms with Gasteiger partial charge in [0.05, 0.1) is 5.69 Å². The van der Waals surface area contributed by atoms with Crippen molar-refractivity contribution < 1.29 is 8.78 Å². The number of hydrogen-bond donors (Lipinski definition) is 0. The average molecular weight is 257 g/mol. The zero-order valence-electron chi connectivity index (χ0n) is 9.42. The Morgan fingerprint density at radius 1 is 1.24 bits per heavy atom. The molecule has 0 atom stereocenters. The fourth-order valence-corrected chi connectivity index (χ4v) is 1.93. The molecule has 0 fully saturated rings. The van der Waals surface area contributed by atoms with Crippen molar-refractivity contribution in [1.29, 1.82) is 0 Å². The van der Waals surface area contributed by atoms with E-state index in [0.29, 0.717) is 5.69 Å². The Bertz CT molecular complexity index is 549. The first kappa shape index (κ1) is 12.0. The zero-order chi connectivity index (χ0) is 12.6. The first-order chi connectivity index (χ1) is 7.99. The van der Waals surface area contributed by atoms with Crippen LogP contribution in [0.25, 0.3) is 5.69 Å². The monoisotopic (exact) mass is 256 g/mol. The van der Waals surface area contributed by atoms with E-state index in [0.717, 1.165) is 11.1 Å². The molecule has 1 heterocycles. The molecule has 0 aliphatic rings. The molecule has 0 amide bonds. The van der Waals surface area contributed by atoms with Crippen LogP contribution in [0.4, 0.5) is 8.78 Å². The lowest BCUT2D eigenvalue weighted by Gasteiger charge is -2.07. The summed E-state index contributed by atoms with van der Waals surface area (Å²) >= 11 is 5.90. The number of nitrogens with zero attached hydrogens (tertiary/aromatic N) is 2. The Morgan fingerprint density at radius 2 is 1.94 bits per heavy atom. The molecule has 0 aliphatic carbocycles. The van der Waals surface area contributed by atoms with Crippen LogP contribution in [0, 0.1) is 13.8 Å². The second-order valence-electron chi connectivity index (χ2n) is 3.89. The Labute approximate surface area is 103 Å². The standard InChI is InChI=1S/C12H11ClF2N2/c1-7-3-4-10(8(2)5-7)17-11(13)6-9(16-17)12(14)15/h3-6,12H,1-2H3. The van der Waals surface area contributed by atoms with E-state index in [-0.39, 0.29) is 10.8 Å². The van der Waals surface area contributed by atoms with E-state index in [1.807, 2.05) is 32.0 Å². The van der Waals surface area contributed by atoms with Gasteiger partial charge in [-0.25, -0.2) is 13.5 Å². The molecule has 0 bridgehead atoms. The van der Waals surface area contributed by atoms with Crippen LogP contribution in [-0.4, -0.2) is 9.78 Å². The van der Waals surface area contributed by atoms with Gasteiger partial charge in [-0.15, -0.1) is 0 Å². The van der Waals surface area contributed by atoms with Gasteiger partial charge in [-0.3, -0.25) is 0 Å². The maximum atomic E-state index is 12.5. The third-order valence-corrected chi connectivity index (χ3v) is 2.76. The molecule has 1 aromatic heterocycles. The van der Waals surface area contributed by atoms with Crippen molar-refractivity contribution in [2.75, 3.05) is 0 Å². The van der Waals surface area contributed by atoms with Gasteiger partial charge in [0.15, 0.2) is 0 Å². The minimum absolute atomic E-state index is 0.187. The predicted molar refractivity (Wildman–Crippen MR) is 63.0 cm³/mol. The molecular weight excluding hydrogens is 246 g/mol. The summed E-state index contributed by atoms with van der Waals surface area (Å²) in [6.07, 6.45) is -2.61. The summed E-state index contributed by atoms with van der Waals surface area (Å²) < 4.78 is 26.3. The number of halogens is 3. The summed E-state index contributed by atoms with van der Waals surface area (Å²) in [7, 11) is 0. The molecule has 2 nitrogen and oxygen atoms in total. The minimum Gasteiger partial charge on any atom is -0.221 e. The second-order valence-corrected chi connectivity index (χ2v) is 4.28. The highest BCUT2D eigenvalue weighted by atomic mass is 35.5. The summed E-state index contributed by atoms with van der Waals surface area (Å²) in [5.41, 5.74) is 2.45. The van der Waals surface area contributed by atoms with Gasteiger partial charge in [0, 0.05) is 6.07 Å². The normalized spacial score (nSPS) is 11.2. The fraction of sp³-hybridized carbons (Fsp3) is 0.250. The molecule has 0 saturated carbocycles. The number of aromatic nitrogens is 2. The average Bonchev–Trinajstić information content (AvgIpc) is 2.61. The van der Waals surface area contributed by atoms with Crippen molar-refractivity contribution in [1.82, 2.24) is 9.78 Å². The molecule has 0 spiro atoms. The Balaban J connectivity index is 2.52. The molecule has 17 heavy (non-hydrogen) atoms. The van der Waals surface area contributed by atoms with Crippen LogP contribution in [-0.2, 0) is 0 Å². The van der Waals surface area contributed by atoms with Gasteiger partial charge in [0.1, 0.15) is 10.8 Å². The van der Waals surface area contributed by atoms with Gasteiger partial charge in [0.25, 0.3) is 6.43 Å². The smallest absolute Gasteiger partial charge is 0.221 e. The van der Waals surface area contributed by atoms with E-state index >= 15 is 0 Å². The SMILES string of the molecule is Cc1ccc(-n2nc(C(F)F)cc2Cl)c(C)c1. The first-order valence-corrected chi connectivity index (χ1v) is 5.48. The van der Waals surface area contributed by atoms with Gasteiger partial charge < -0.3 is 0 Å². The van der Waals surface area contributed by atoms with E-state index in [2.05, 4.69) is 5.10 Å². The van der Waals surface area contributed by atoms with E-state index in [4.69, 9.17) is 11.6 Å². The summed E-state index contributed by atoms with van der Waals surface area (Å²) in [4.78, 5) is 0. The molecule has 2 aromatic rings. The lowest BCUT2D eigenvalue weighted by molar-refractivity contribution is 0.145. The lowest BCUT2D eigenvalue weighted by atomic mass is 10.1. The van der Waals surface area contributed by atoms with Crippen molar-refractivity contribution in [2.45, 2.75) is 20.3 Å². The molecule has 0 radical (unpaired) electrons. The molecule has 0 N–H and O–H groups in total. The lowest BCUT2D eigenvalue weighted by Crippen LogP contribution is -2.00. The van der Waals surface area contributed by atoms with Gasteiger partial charge >= 0.3 is 0 Å². The van der Waals surface area contributed by atoms with Gasteiger partial charge in [-0.2, -0.15) is 5.10 Å². The molecule has 0 aliphatic heterocycles. The van der Waals surface area contributed by atoms with Crippen LogP contribution >= 0.6 is 11.6 Å². The van der Waals surface area contributed by atoms with E-state index in [1.165, 1.54) is 10.7 Å². The van der Waals surface area contributed by atoms with E-state index < -0.39 is 6.43 Å². The van der Waals surface area contributed by atoms with Crippen molar-refractivity contribution >= 4 is 11.6 Å². The molecule has 90 valence electrons. The van der Waals surface area contributed by atoms with Gasteiger partial charge in [0.2, 0.25) is 0 Å². The summed E-state index contributed by atoms with van der Waals surface area (Å²) in [6.45, 7) is 3.86. The Hall–Kier alpha value is -1.42. The Morgan fingerprint density at radius 3 is 2.47 bits per heavy atom. The maximum absolute atomic E-state index is 12.5. The van der Waals surface area contributed by atoms with E-state index in [1.54, 1.807) is 0 Å². The van der Waals surface area contributed by atoms with Gasteiger partial charge in [-0.05, 0) is 25.5 Å². The third kappa shape index (κ3) is 2.31. The second kappa shape index (κ2) is 4.45. The quantitative estimate of drug-likeness (QED) is 0.792. The van der Waals surface area contributed by atoms with Crippen LogP contribution in [0.15, 0.2) is 24.3 Å². The van der Waals surface area contributed by atoms with Crippen LogP contribution < -0.4 is 0 Å². The maximum Gasteiger partial charge on any atom is 0.282 e. The summed E-state index contributed by atoms with van der Waals surface area (Å²) in [6, 6.07) is 6.85. The number of aryl methyl sites for hydroxylation is 2. The fourth-order valence-electron chi connectivity index (χ4n) is 1.69. The summed E-state index contributed by atoms with van der Waals surface area (Å²) in [5, 5.41) is 3.99. The number of alkyl halides is 2. The van der Waals surface area contributed by atoms with Crippen molar-refractivity contribution in [3.63, 3.8) is 0 Å². The highest BCUT2D eigenvalue weighted by Crippen LogP contribution is 2.25. The summed E-state index contributed by atoms with van der Waals surface area (Å²) in [5.74, 6) is 0. The minimum atomic E-state index is -2.61. The topological polar surface area (TPSA) is 17.8 Å². The molecular formula is C12H11ClF2N2. The molecule has 0 unspecified atom stereocenters. The number of benzene rings is 1. The predicted octanol–water partition coefficient (Wildman–Crippen LogP) is 4.08. The van der Waals surface area contributed by atoms with Gasteiger partial charge in [-0.1, -0.05) is 29.3 Å². The van der Waals surface area contributed by atoms with Crippen LogP contribution in [0.1, 0.15) is 23.2 Å². The molecule has 2 rings (SSSR count). The third-order valence-electron chi connectivity index (χ3n) is 2.49. The molecule has 1 aromatic carbocycles. The number of hydrogen-bond acceptors (Lipinski definition) is 1. The van der Waals surface area contributed by atoms with Crippen LogP contribution in [0.5, 0.6) is 0 Å².